The van der Waals surface area contributed by atoms with Crippen LogP contribution in [-0.4, -0.2) is 11.1 Å². The number of hydrogen-bond acceptors (Lipinski definition) is 1. The molecule has 0 fully saturated rings. The highest BCUT2D eigenvalue weighted by atomic mass is 19.1. The lowest BCUT2D eigenvalue weighted by Gasteiger charge is -2.04. The van der Waals surface area contributed by atoms with Crippen LogP contribution in [0.3, 0.4) is 0 Å². The van der Waals surface area contributed by atoms with Crippen molar-refractivity contribution in [2.75, 3.05) is 0 Å². The average molecular weight is 180 g/mol. The number of halogens is 1. The smallest absolute Gasteiger partial charge is 0.338 e. The normalized spacial score (nSPS) is 14.2. The van der Waals surface area contributed by atoms with Gasteiger partial charge in [0.2, 0.25) is 0 Å². The summed E-state index contributed by atoms with van der Waals surface area (Å²) in [5.74, 6) is -1.77. The fourth-order valence-electron chi connectivity index (χ4n) is 1.87. The van der Waals surface area contributed by atoms with E-state index in [1.807, 2.05) is 0 Å². The number of benzene rings is 1. The third-order valence-corrected chi connectivity index (χ3v) is 2.45. The highest BCUT2D eigenvalue weighted by Crippen LogP contribution is 2.27. The summed E-state index contributed by atoms with van der Waals surface area (Å²) in [5.41, 5.74) is 1.54. The number of aryl methyl sites for hydroxylation is 1. The second-order valence-corrected chi connectivity index (χ2v) is 3.22. The maximum absolute atomic E-state index is 13.1. The Kier molecular flexibility index (Phi) is 1.79. The SMILES string of the molecule is O=C(O)c1c(F)ccc2c1CCC2. The molecule has 1 aromatic carbocycles. The van der Waals surface area contributed by atoms with E-state index in [0.29, 0.717) is 12.0 Å². The van der Waals surface area contributed by atoms with Gasteiger partial charge in [-0.1, -0.05) is 6.07 Å². The van der Waals surface area contributed by atoms with Gasteiger partial charge in [-0.2, -0.15) is 0 Å². The molecule has 3 heteroatoms. The number of aromatic carboxylic acids is 1. The maximum Gasteiger partial charge on any atom is 0.338 e. The minimum atomic E-state index is -1.16. The van der Waals surface area contributed by atoms with Gasteiger partial charge in [0, 0.05) is 0 Å². The molecule has 13 heavy (non-hydrogen) atoms. The second kappa shape index (κ2) is 2.83. The van der Waals surface area contributed by atoms with Gasteiger partial charge < -0.3 is 5.11 Å². The Hall–Kier alpha value is -1.38. The topological polar surface area (TPSA) is 37.3 Å². The summed E-state index contributed by atoms with van der Waals surface area (Å²) in [6.45, 7) is 0. The van der Waals surface area contributed by atoms with Crippen molar-refractivity contribution in [3.05, 3.63) is 34.6 Å². The first-order valence-electron chi connectivity index (χ1n) is 4.23. The van der Waals surface area contributed by atoms with Gasteiger partial charge in [-0.3, -0.25) is 0 Å². The van der Waals surface area contributed by atoms with Crippen molar-refractivity contribution in [3.8, 4) is 0 Å². The zero-order valence-corrected chi connectivity index (χ0v) is 7.01. The molecular formula is C10H9FO2. The fraction of sp³-hybridized carbons (Fsp3) is 0.300. The van der Waals surface area contributed by atoms with E-state index in [9.17, 15) is 9.18 Å². The van der Waals surface area contributed by atoms with Crippen molar-refractivity contribution in [1.82, 2.24) is 0 Å². The number of hydrogen-bond donors (Lipinski definition) is 1. The van der Waals surface area contributed by atoms with Crippen LogP contribution in [0.4, 0.5) is 4.39 Å². The number of carbonyl (C=O) groups is 1. The number of rotatable bonds is 1. The summed E-state index contributed by atoms with van der Waals surface area (Å²) in [6.07, 6.45) is 2.49. The van der Waals surface area contributed by atoms with Gasteiger partial charge >= 0.3 is 5.97 Å². The molecule has 2 nitrogen and oxygen atoms in total. The highest BCUT2D eigenvalue weighted by molar-refractivity contribution is 5.90. The zero-order valence-electron chi connectivity index (χ0n) is 7.01. The van der Waals surface area contributed by atoms with Gasteiger partial charge in [-0.25, -0.2) is 9.18 Å². The standard InChI is InChI=1S/C10H9FO2/c11-8-5-4-6-2-1-3-7(6)9(8)10(12)13/h4-5H,1-3H2,(H,12,13). The summed E-state index contributed by atoms with van der Waals surface area (Å²) in [5, 5.41) is 8.79. The molecule has 1 N–H and O–H groups in total. The van der Waals surface area contributed by atoms with Crippen molar-refractivity contribution in [1.29, 1.82) is 0 Å². The van der Waals surface area contributed by atoms with Gasteiger partial charge in [0.1, 0.15) is 5.82 Å². The predicted octanol–water partition coefficient (Wildman–Crippen LogP) is 2.01. The predicted molar refractivity (Wildman–Crippen MR) is 45.4 cm³/mol. The lowest BCUT2D eigenvalue weighted by atomic mass is 10.0. The van der Waals surface area contributed by atoms with E-state index in [-0.39, 0.29) is 5.56 Å². The molecule has 1 aromatic rings. The third-order valence-electron chi connectivity index (χ3n) is 2.45. The third kappa shape index (κ3) is 1.20. The first-order chi connectivity index (χ1) is 6.20. The Morgan fingerprint density at radius 1 is 1.38 bits per heavy atom. The van der Waals surface area contributed by atoms with Gasteiger partial charge in [-0.05, 0) is 36.5 Å². The van der Waals surface area contributed by atoms with Crippen LogP contribution in [0.25, 0.3) is 0 Å². The quantitative estimate of drug-likeness (QED) is 0.717. The molecule has 0 atom stereocenters. The molecule has 0 unspecified atom stereocenters. The molecular weight excluding hydrogens is 171 g/mol. The number of carboxylic acids is 1. The van der Waals surface area contributed by atoms with Crippen LogP contribution in [0.5, 0.6) is 0 Å². The van der Waals surface area contributed by atoms with Crippen molar-refractivity contribution in [2.45, 2.75) is 19.3 Å². The van der Waals surface area contributed by atoms with Gasteiger partial charge in [0.25, 0.3) is 0 Å². The Balaban J connectivity index is 2.65. The fourth-order valence-corrected chi connectivity index (χ4v) is 1.87. The molecule has 0 amide bonds. The van der Waals surface area contributed by atoms with Gasteiger partial charge in [0.15, 0.2) is 0 Å². The molecule has 0 heterocycles. The van der Waals surface area contributed by atoms with Crippen LogP contribution in [-0.2, 0) is 12.8 Å². The lowest BCUT2D eigenvalue weighted by molar-refractivity contribution is 0.0690. The largest absolute Gasteiger partial charge is 0.478 e. The van der Waals surface area contributed by atoms with E-state index in [4.69, 9.17) is 5.11 Å². The van der Waals surface area contributed by atoms with E-state index >= 15 is 0 Å². The molecule has 0 bridgehead atoms. The van der Waals surface area contributed by atoms with E-state index < -0.39 is 11.8 Å². The molecule has 0 spiro atoms. The summed E-state index contributed by atoms with van der Waals surface area (Å²) in [7, 11) is 0. The molecule has 0 radical (unpaired) electrons. The van der Waals surface area contributed by atoms with Gasteiger partial charge in [0.05, 0.1) is 5.56 Å². The Morgan fingerprint density at radius 3 is 2.85 bits per heavy atom. The van der Waals surface area contributed by atoms with Crippen LogP contribution in [0, 0.1) is 5.82 Å². The molecule has 0 saturated carbocycles. The van der Waals surface area contributed by atoms with Crippen LogP contribution < -0.4 is 0 Å². The van der Waals surface area contributed by atoms with E-state index in [0.717, 1.165) is 18.4 Å². The van der Waals surface area contributed by atoms with E-state index in [1.165, 1.54) is 6.07 Å². The summed E-state index contributed by atoms with van der Waals surface area (Å²) < 4.78 is 13.1. The highest BCUT2D eigenvalue weighted by Gasteiger charge is 2.22. The van der Waals surface area contributed by atoms with E-state index in [2.05, 4.69) is 0 Å². The van der Waals surface area contributed by atoms with Crippen molar-refractivity contribution < 1.29 is 14.3 Å². The van der Waals surface area contributed by atoms with Crippen molar-refractivity contribution in [2.24, 2.45) is 0 Å². The van der Waals surface area contributed by atoms with Crippen molar-refractivity contribution >= 4 is 5.97 Å². The van der Waals surface area contributed by atoms with E-state index in [1.54, 1.807) is 6.07 Å². The molecule has 68 valence electrons. The molecule has 0 saturated heterocycles. The van der Waals surface area contributed by atoms with Gasteiger partial charge in [-0.15, -0.1) is 0 Å². The minimum Gasteiger partial charge on any atom is -0.478 e. The molecule has 0 aromatic heterocycles. The van der Waals surface area contributed by atoms with Crippen LogP contribution in [0.2, 0.25) is 0 Å². The summed E-state index contributed by atoms with van der Waals surface area (Å²) in [4.78, 5) is 10.7. The maximum atomic E-state index is 13.1. The Labute approximate surface area is 75.0 Å². The molecule has 1 aliphatic carbocycles. The lowest BCUT2D eigenvalue weighted by Crippen LogP contribution is -2.05. The molecule has 0 aliphatic heterocycles. The second-order valence-electron chi connectivity index (χ2n) is 3.22. The monoisotopic (exact) mass is 180 g/mol. The number of carboxylic acid groups (broad SMARTS) is 1. The Morgan fingerprint density at radius 2 is 2.15 bits per heavy atom. The molecule has 1 aliphatic rings. The van der Waals surface area contributed by atoms with Crippen LogP contribution in [0.15, 0.2) is 12.1 Å². The minimum absolute atomic E-state index is 0.130. The first-order valence-corrected chi connectivity index (χ1v) is 4.23. The summed E-state index contributed by atoms with van der Waals surface area (Å²) >= 11 is 0. The number of fused-ring (bicyclic) bond motifs is 1. The van der Waals surface area contributed by atoms with Crippen LogP contribution >= 0.6 is 0 Å². The zero-order chi connectivity index (χ0) is 9.42. The summed E-state index contributed by atoms with van der Waals surface area (Å²) in [6, 6.07) is 2.93. The van der Waals surface area contributed by atoms with Crippen LogP contribution in [0.1, 0.15) is 27.9 Å². The molecule has 2 rings (SSSR count). The average Bonchev–Trinajstić information content (AvgIpc) is 2.50. The Bertz CT molecular complexity index is 371. The first kappa shape index (κ1) is 8.23. The van der Waals surface area contributed by atoms with Crippen molar-refractivity contribution in [3.63, 3.8) is 0 Å².